The van der Waals surface area contributed by atoms with Crippen molar-refractivity contribution in [1.82, 2.24) is 60.5 Å². The van der Waals surface area contributed by atoms with Crippen molar-refractivity contribution >= 4 is 23.1 Å². The summed E-state index contributed by atoms with van der Waals surface area (Å²) in [5.41, 5.74) is 4.48. The van der Waals surface area contributed by atoms with E-state index in [0.717, 1.165) is 15.8 Å². The van der Waals surface area contributed by atoms with Gasteiger partial charge in [-0.05, 0) is 20.9 Å². The molecule has 2 aromatic carbocycles. The molecular weight excluding hydrogens is 452 g/mol. The predicted octanol–water partition coefficient (Wildman–Crippen LogP) is 0.888. The van der Waals surface area contributed by atoms with Crippen LogP contribution in [0.3, 0.4) is 0 Å². The molecule has 14 heteroatoms. The van der Waals surface area contributed by atoms with Gasteiger partial charge >= 0.3 is 0 Å². The Labute approximate surface area is 194 Å². The summed E-state index contributed by atoms with van der Waals surface area (Å²) in [5.74, 6) is 0.243. The zero-order valence-electron chi connectivity index (χ0n) is 16.8. The van der Waals surface area contributed by atoms with E-state index in [-0.39, 0.29) is 30.5 Å². The standard InChI is InChI=1S/2C10H4N6O.CH4/c17-9-6-4-2-1-3-5(6)7-8(9)11-10-12-14-15-16(10)13-7;17-9-6-4-2-1-3-5(6)7-8(9)13-16-10(11-7)12-14-15-16;/h2*1-4H;1H4. The van der Waals surface area contributed by atoms with E-state index in [2.05, 4.69) is 51.2 Å². The van der Waals surface area contributed by atoms with Crippen LogP contribution in [0, 0.1) is 0 Å². The molecule has 0 radical (unpaired) electrons. The van der Waals surface area contributed by atoms with Crippen molar-refractivity contribution in [2.24, 2.45) is 0 Å². The SMILES string of the molecule is C.O=C1c2ccccc2-c2nc3nnnn3nc21.O=C1c2ccccc2-c2nn3nnnc3nc21. The fraction of sp³-hybridized carbons (Fsp3) is 0.0476. The lowest BCUT2D eigenvalue weighted by Gasteiger charge is -1.96. The molecule has 168 valence electrons. The lowest BCUT2D eigenvalue weighted by atomic mass is 10.1. The van der Waals surface area contributed by atoms with Gasteiger partial charge in [0.15, 0.2) is 5.69 Å². The van der Waals surface area contributed by atoms with Gasteiger partial charge in [-0.15, -0.1) is 10.2 Å². The van der Waals surface area contributed by atoms with E-state index >= 15 is 0 Å². The van der Waals surface area contributed by atoms with Crippen molar-refractivity contribution in [2.45, 2.75) is 7.43 Å². The largest absolute Gasteiger partial charge is 0.292 e. The summed E-state index contributed by atoms with van der Waals surface area (Å²) in [6.07, 6.45) is 0. The van der Waals surface area contributed by atoms with Crippen LogP contribution in [-0.4, -0.2) is 72.0 Å². The number of fused-ring (bicyclic) bond motifs is 8. The highest BCUT2D eigenvalue weighted by molar-refractivity contribution is 6.20. The average Bonchev–Trinajstić information content (AvgIpc) is 3.64. The molecule has 0 spiro atoms. The molecule has 4 aromatic heterocycles. The summed E-state index contributed by atoms with van der Waals surface area (Å²) in [6.45, 7) is 0. The Morgan fingerprint density at radius 2 is 1.00 bits per heavy atom. The normalized spacial score (nSPS) is 12.5. The van der Waals surface area contributed by atoms with Crippen LogP contribution in [0.1, 0.15) is 39.5 Å². The molecule has 2 aliphatic carbocycles. The van der Waals surface area contributed by atoms with Crippen LogP contribution in [0.4, 0.5) is 0 Å². The molecular formula is C21H12N12O2. The maximum atomic E-state index is 12.1. The maximum Gasteiger partial charge on any atom is 0.292 e. The van der Waals surface area contributed by atoms with Crippen LogP contribution in [0.15, 0.2) is 48.5 Å². The Balaban J connectivity index is 0.000000127. The highest BCUT2D eigenvalue weighted by Gasteiger charge is 2.31. The maximum absolute atomic E-state index is 12.1. The minimum absolute atomic E-state index is 0. The lowest BCUT2D eigenvalue weighted by molar-refractivity contribution is 0.103. The first-order valence-corrected chi connectivity index (χ1v) is 9.90. The van der Waals surface area contributed by atoms with Crippen molar-refractivity contribution in [2.75, 3.05) is 0 Å². The average molecular weight is 464 g/mol. The quantitative estimate of drug-likeness (QED) is 0.311. The van der Waals surface area contributed by atoms with Crippen molar-refractivity contribution in [3.05, 3.63) is 71.0 Å². The minimum Gasteiger partial charge on any atom is -0.287 e. The summed E-state index contributed by atoms with van der Waals surface area (Å²) in [6, 6.07) is 14.5. The van der Waals surface area contributed by atoms with E-state index in [0.29, 0.717) is 33.9 Å². The molecule has 8 rings (SSSR count). The summed E-state index contributed by atoms with van der Waals surface area (Å²) in [7, 11) is 0. The zero-order valence-corrected chi connectivity index (χ0v) is 16.8. The molecule has 14 nitrogen and oxygen atoms in total. The number of ketones is 2. The second-order valence-corrected chi connectivity index (χ2v) is 7.30. The van der Waals surface area contributed by atoms with E-state index < -0.39 is 0 Å². The third-order valence-electron chi connectivity index (χ3n) is 5.42. The Kier molecular flexibility index (Phi) is 4.22. The first-order valence-electron chi connectivity index (χ1n) is 9.90. The third-order valence-corrected chi connectivity index (χ3v) is 5.42. The molecule has 0 unspecified atom stereocenters. The molecule has 0 saturated carbocycles. The van der Waals surface area contributed by atoms with Gasteiger partial charge in [0.25, 0.3) is 11.6 Å². The van der Waals surface area contributed by atoms with Gasteiger partial charge in [0.05, 0.1) is 0 Å². The molecule has 0 bridgehead atoms. The monoisotopic (exact) mass is 464 g/mol. The van der Waals surface area contributed by atoms with E-state index in [9.17, 15) is 9.59 Å². The summed E-state index contributed by atoms with van der Waals surface area (Å²) in [4.78, 5) is 32.5. The van der Waals surface area contributed by atoms with Gasteiger partial charge in [0.2, 0.25) is 11.6 Å². The third kappa shape index (κ3) is 2.83. The molecule has 0 aliphatic heterocycles. The molecule has 6 aromatic rings. The van der Waals surface area contributed by atoms with E-state index in [4.69, 9.17) is 0 Å². The van der Waals surface area contributed by atoms with Gasteiger partial charge in [-0.3, -0.25) is 9.59 Å². The van der Waals surface area contributed by atoms with Gasteiger partial charge in [-0.25, -0.2) is 9.97 Å². The molecule has 0 atom stereocenters. The van der Waals surface area contributed by atoms with Crippen molar-refractivity contribution < 1.29 is 9.59 Å². The van der Waals surface area contributed by atoms with Crippen molar-refractivity contribution in [3.63, 3.8) is 0 Å². The number of carbonyl (C=O) groups is 2. The number of nitrogens with zero attached hydrogens (tertiary/aromatic N) is 12. The van der Waals surface area contributed by atoms with Crippen molar-refractivity contribution in [3.8, 4) is 22.5 Å². The first-order chi connectivity index (χ1) is 16.7. The number of aromatic nitrogens is 12. The number of benzene rings is 2. The zero-order chi connectivity index (χ0) is 22.8. The second kappa shape index (κ2) is 7.31. The van der Waals surface area contributed by atoms with E-state index in [1.165, 1.54) is 4.63 Å². The second-order valence-electron chi connectivity index (χ2n) is 7.30. The van der Waals surface area contributed by atoms with Gasteiger partial charge < -0.3 is 0 Å². The van der Waals surface area contributed by atoms with E-state index in [1.54, 1.807) is 12.1 Å². The molecule has 2 aliphatic rings. The van der Waals surface area contributed by atoms with Gasteiger partial charge in [-0.2, -0.15) is 0 Å². The summed E-state index contributed by atoms with van der Waals surface area (Å²) < 4.78 is 2.37. The molecule has 35 heavy (non-hydrogen) atoms. The lowest BCUT2D eigenvalue weighted by Crippen LogP contribution is -2.06. The van der Waals surface area contributed by atoms with Crippen LogP contribution in [0.25, 0.3) is 34.1 Å². The van der Waals surface area contributed by atoms with Gasteiger partial charge in [0, 0.05) is 22.3 Å². The Morgan fingerprint density at radius 3 is 1.60 bits per heavy atom. The summed E-state index contributed by atoms with van der Waals surface area (Å²) in [5, 5.41) is 29.9. The topological polar surface area (TPSA) is 172 Å². The molecule has 0 N–H and O–H groups in total. The van der Waals surface area contributed by atoms with Crippen LogP contribution in [0.5, 0.6) is 0 Å². The fourth-order valence-corrected chi connectivity index (χ4v) is 3.92. The number of rotatable bonds is 0. The van der Waals surface area contributed by atoms with Crippen molar-refractivity contribution in [1.29, 1.82) is 0 Å². The number of hydrogen-bond donors (Lipinski definition) is 0. The van der Waals surface area contributed by atoms with Gasteiger partial charge in [-0.1, -0.05) is 75.4 Å². The molecule has 0 amide bonds. The van der Waals surface area contributed by atoms with Crippen LogP contribution >= 0.6 is 0 Å². The fourth-order valence-electron chi connectivity index (χ4n) is 3.92. The number of tetrazole rings is 2. The van der Waals surface area contributed by atoms with Gasteiger partial charge in [0.1, 0.15) is 17.1 Å². The Morgan fingerprint density at radius 1 is 0.543 bits per heavy atom. The van der Waals surface area contributed by atoms with E-state index in [1.807, 2.05) is 36.4 Å². The minimum atomic E-state index is -0.138. The predicted molar refractivity (Wildman–Crippen MR) is 117 cm³/mol. The number of carbonyl (C=O) groups excluding carboxylic acids is 2. The first kappa shape index (κ1) is 20.2. The Hall–Kier alpha value is -5.40. The van der Waals surface area contributed by atoms with Crippen LogP contribution in [0.2, 0.25) is 0 Å². The highest BCUT2D eigenvalue weighted by Crippen LogP contribution is 2.34. The number of hydrogen-bond acceptors (Lipinski definition) is 12. The highest BCUT2D eigenvalue weighted by atomic mass is 16.1. The van der Waals surface area contributed by atoms with Crippen LogP contribution in [-0.2, 0) is 0 Å². The smallest absolute Gasteiger partial charge is 0.287 e. The molecule has 0 fully saturated rings. The molecule has 0 saturated heterocycles. The summed E-state index contributed by atoms with van der Waals surface area (Å²) >= 11 is 0. The van der Waals surface area contributed by atoms with Crippen LogP contribution < -0.4 is 0 Å². The Bertz CT molecular complexity index is 1690. The molecule has 4 heterocycles.